The quantitative estimate of drug-likeness (QED) is 0.477. The second-order valence-electron chi connectivity index (χ2n) is 8.23. The van der Waals surface area contributed by atoms with E-state index in [0.29, 0.717) is 30.2 Å². The normalized spacial score (nSPS) is 13.2. The second kappa shape index (κ2) is 11.9. The van der Waals surface area contributed by atoms with E-state index in [1.54, 1.807) is 25.1 Å². The van der Waals surface area contributed by atoms with Crippen molar-refractivity contribution in [2.45, 2.75) is 39.7 Å². The van der Waals surface area contributed by atoms with Crippen molar-refractivity contribution < 1.29 is 27.5 Å². The fourth-order valence-corrected chi connectivity index (χ4v) is 4.78. The summed E-state index contributed by atoms with van der Waals surface area (Å²) in [7, 11) is -3.80. The Morgan fingerprint density at radius 3 is 2.46 bits per heavy atom. The Labute approximate surface area is 207 Å². The molecule has 0 spiro atoms. The summed E-state index contributed by atoms with van der Waals surface area (Å²) in [5, 5.41) is 2.83. The van der Waals surface area contributed by atoms with E-state index in [2.05, 4.69) is 5.32 Å². The molecular weight excluding hydrogens is 470 g/mol. The standard InChI is InChI=1S/C25H33N3O6S/c1-4-14-26-25(30)19(3)27(15-13-20-9-7-6-8-10-20)24(29)17-28(35(31,32)5-2)21-11-12-22-23(16-21)34-18-33-22/h6-12,16,19H,4-5,13-15,17-18H2,1-3H3,(H,26,30)/t19-/m0/s1. The first-order valence-corrected chi connectivity index (χ1v) is 13.4. The molecule has 1 N–H and O–H groups in total. The predicted molar refractivity (Wildman–Crippen MR) is 134 cm³/mol. The van der Waals surface area contributed by atoms with Gasteiger partial charge in [-0.15, -0.1) is 0 Å². The van der Waals surface area contributed by atoms with Gasteiger partial charge in [-0.3, -0.25) is 13.9 Å². The van der Waals surface area contributed by atoms with Crippen LogP contribution in [0.15, 0.2) is 48.5 Å². The minimum Gasteiger partial charge on any atom is -0.454 e. The van der Waals surface area contributed by atoms with E-state index < -0.39 is 28.5 Å². The topological polar surface area (TPSA) is 105 Å². The Kier molecular flexibility index (Phi) is 8.97. The van der Waals surface area contributed by atoms with Crippen LogP contribution in [0, 0.1) is 0 Å². The number of carbonyl (C=O) groups excluding carboxylic acids is 2. The molecule has 1 heterocycles. The Morgan fingerprint density at radius 1 is 1.06 bits per heavy atom. The van der Waals surface area contributed by atoms with Crippen molar-refractivity contribution >= 4 is 27.5 Å². The van der Waals surface area contributed by atoms with Gasteiger partial charge in [-0.1, -0.05) is 37.3 Å². The molecule has 2 aromatic carbocycles. The largest absolute Gasteiger partial charge is 0.454 e. The maximum Gasteiger partial charge on any atom is 0.244 e. The van der Waals surface area contributed by atoms with Gasteiger partial charge in [0.15, 0.2) is 11.5 Å². The lowest BCUT2D eigenvalue weighted by Gasteiger charge is -2.31. The molecule has 1 aliphatic rings. The Morgan fingerprint density at radius 2 is 1.77 bits per heavy atom. The maximum absolute atomic E-state index is 13.5. The second-order valence-corrected chi connectivity index (χ2v) is 10.4. The van der Waals surface area contributed by atoms with E-state index in [4.69, 9.17) is 9.47 Å². The number of ether oxygens (including phenoxy) is 2. The summed E-state index contributed by atoms with van der Waals surface area (Å²) in [6.07, 6.45) is 1.30. The summed E-state index contributed by atoms with van der Waals surface area (Å²) < 4.78 is 37.8. The van der Waals surface area contributed by atoms with Gasteiger partial charge in [0, 0.05) is 19.2 Å². The highest BCUT2D eigenvalue weighted by Gasteiger charge is 2.31. The molecule has 0 saturated carbocycles. The monoisotopic (exact) mass is 503 g/mol. The summed E-state index contributed by atoms with van der Waals surface area (Å²) in [6.45, 7) is 5.51. The highest BCUT2D eigenvalue weighted by molar-refractivity contribution is 7.92. The number of rotatable bonds is 12. The molecule has 0 radical (unpaired) electrons. The van der Waals surface area contributed by atoms with Crippen LogP contribution < -0.4 is 19.1 Å². The highest BCUT2D eigenvalue weighted by Crippen LogP contribution is 2.36. The van der Waals surface area contributed by atoms with Crippen LogP contribution in [0.3, 0.4) is 0 Å². The van der Waals surface area contributed by atoms with Crippen molar-refractivity contribution in [1.29, 1.82) is 0 Å². The van der Waals surface area contributed by atoms with Crippen LogP contribution in [-0.2, 0) is 26.0 Å². The molecule has 2 aromatic rings. The van der Waals surface area contributed by atoms with E-state index in [1.165, 1.54) is 11.8 Å². The fourth-order valence-electron chi connectivity index (χ4n) is 3.73. The fraction of sp³-hybridized carbons (Fsp3) is 0.440. The average Bonchev–Trinajstić information content (AvgIpc) is 3.34. The molecule has 3 rings (SSSR count). The van der Waals surface area contributed by atoms with E-state index in [0.717, 1.165) is 16.3 Å². The lowest BCUT2D eigenvalue weighted by Crippen LogP contribution is -2.52. The minimum absolute atomic E-state index is 0.0515. The summed E-state index contributed by atoms with van der Waals surface area (Å²) in [5.74, 6) is 0.000732. The zero-order valence-electron chi connectivity index (χ0n) is 20.4. The van der Waals surface area contributed by atoms with Crippen LogP contribution in [0.2, 0.25) is 0 Å². The molecule has 0 aromatic heterocycles. The van der Waals surface area contributed by atoms with Gasteiger partial charge in [0.25, 0.3) is 0 Å². The zero-order valence-corrected chi connectivity index (χ0v) is 21.2. The van der Waals surface area contributed by atoms with Crippen LogP contribution in [-0.4, -0.2) is 63.4 Å². The molecule has 0 saturated heterocycles. The number of amides is 2. The number of sulfonamides is 1. The van der Waals surface area contributed by atoms with Crippen molar-refractivity contribution in [3.05, 3.63) is 54.1 Å². The summed E-state index contributed by atoms with van der Waals surface area (Å²) in [4.78, 5) is 27.7. The number of anilines is 1. The van der Waals surface area contributed by atoms with Gasteiger partial charge in [0.1, 0.15) is 12.6 Å². The lowest BCUT2D eigenvalue weighted by molar-refractivity contribution is -0.138. The first-order valence-electron chi connectivity index (χ1n) is 11.8. The van der Waals surface area contributed by atoms with Crippen LogP contribution in [0.25, 0.3) is 0 Å². The SMILES string of the molecule is CCCNC(=O)[C@H](C)N(CCc1ccccc1)C(=O)CN(c1ccc2c(c1)OCO2)S(=O)(=O)CC. The van der Waals surface area contributed by atoms with Gasteiger partial charge in [-0.2, -0.15) is 0 Å². The molecule has 0 unspecified atom stereocenters. The molecule has 1 aliphatic heterocycles. The molecule has 0 fully saturated rings. The van der Waals surface area contributed by atoms with Crippen LogP contribution in [0.1, 0.15) is 32.8 Å². The van der Waals surface area contributed by atoms with E-state index in [1.807, 2.05) is 37.3 Å². The Hall–Kier alpha value is -3.27. The van der Waals surface area contributed by atoms with Gasteiger partial charge >= 0.3 is 0 Å². The van der Waals surface area contributed by atoms with Gasteiger partial charge in [0.05, 0.1) is 11.4 Å². The Balaban J connectivity index is 1.87. The molecule has 0 bridgehead atoms. The van der Waals surface area contributed by atoms with Gasteiger partial charge in [0.2, 0.25) is 28.6 Å². The van der Waals surface area contributed by atoms with E-state index >= 15 is 0 Å². The van der Waals surface area contributed by atoms with E-state index in [-0.39, 0.29) is 25.0 Å². The molecule has 2 amide bonds. The molecule has 9 nitrogen and oxygen atoms in total. The highest BCUT2D eigenvalue weighted by atomic mass is 32.2. The third-order valence-electron chi connectivity index (χ3n) is 5.82. The van der Waals surface area contributed by atoms with Crippen molar-refractivity contribution in [3.63, 3.8) is 0 Å². The number of carbonyl (C=O) groups is 2. The summed E-state index contributed by atoms with van der Waals surface area (Å²) in [6, 6.07) is 13.6. The van der Waals surface area contributed by atoms with Gasteiger partial charge in [-0.05, 0) is 44.4 Å². The van der Waals surface area contributed by atoms with E-state index in [9.17, 15) is 18.0 Å². The minimum atomic E-state index is -3.80. The molecule has 190 valence electrons. The number of nitrogens with one attached hydrogen (secondary N) is 1. The molecule has 35 heavy (non-hydrogen) atoms. The Bertz CT molecular complexity index is 1120. The first-order chi connectivity index (χ1) is 16.8. The molecule has 0 aliphatic carbocycles. The van der Waals surface area contributed by atoms with Crippen LogP contribution in [0.4, 0.5) is 5.69 Å². The number of benzene rings is 2. The number of nitrogens with zero attached hydrogens (tertiary/aromatic N) is 2. The lowest BCUT2D eigenvalue weighted by atomic mass is 10.1. The summed E-state index contributed by atoms with van der Waals surface area (Å²) >= 11 is 0. The third-order valence-corrected chi connectivity index (χ3v) is 7.57. The van der Waals surface area contributed by atoms with Crippen molar-refractivity contribution in [3.8, 4) is 11.5 Å². The third kappa shape index (κ3) is 6.66. The van der Waals surface area contributed by atoms with Crippen molar-refractivity contribution in [2.24, 2.45) is 0 Å². The molecule has 10 heteroatoms. The number of hydrogen-bond acceptors (Lipinski definition) is 6. The van der Waals surface area contributed by atoms with Crippen LogP contribution >= 0.6 is 0 Å². The van der Waals surface area contributed by atoms with Gasteiger partial charge in [-0.25, -0.2) is 8.42 Å². The predicted octanol–water partition coefficient (Wildman–Crippen LogP) is 2.56. The average molecular weight is 504 g/mol. The van der Waals surface area contributed by atoms with Crippen LogP contribution in [0.5, 0.6) is 11.5 Å². The maximum atomic E-state index is 13.5. The molecule has 1 atom stereocenters. The first kappa shape index (κ1) is 26.3. The molecular formula is C25H33N3O6S. The number of fused-ring (bicyclic) bond motifs is 1. The van der Waals surface area contributed by atoms with Crippen molar-refractivity contribution in [1.82, 2.24) is 10.2 Å². The van der Waals surface area contributed by atoms with Gasteiger partial charge < -0.3 is 19.7 Å². The summed E-state index contributed by atoms with van der Waals surface area (Å²) in [5.41, 5.74) is 1.32. The number of hydrogen-bond donors (Lipinski definition) is 1. The van der Waals surface area contributed by atoms with Crippen molar-refractivity contribution in [2.75, 3.05) is 36.5 Å². The zero-order chi connectivity index (χ0) is 25.4. The smallest absolute Gasteiger partial charge is 0.244 e.